The van der Waals surface area contributed by atoms with Crippen molar-refractivity contribution in [3.05, 3.63) is 18.2 Å². The molecule has 26 heavy (non-hydrogen) atoms. The van der Waals surface area contributed by atoms with Crippen LogP contribution in [0.4, 0.5) is 5.69 Å². The van der Waals surface area contributed by atoms with E-state index in [9.17, 15) is 9.59 Å². The molecule has 0 N–H and O–H groups in total. The molecule has 0 unspecified atom stereocenters. The Balaban J connectivity index is 1.47. The number of carbonyl (C=O) groups is 2. The molecule has 2 fully saturated rings. The molecule has 3 aliphatic rings. The number of benzene rings is 1. The summed E-state index contributed by atoms with van der Waals surface area (Å²) < 4.78 is 11.2. The minimum Gasteiger partial charge on any atom is -0.486 e. The first-order valence-electron chi connectivity index (χ1n) is 9.50. The van der Waals surface area contributed by atoms with Crippen LogP contribution < -0.4 is 14.4 Å². The minimum absolute atomic E-state index is 0.00173. The van der Waals surface area contributed by atoms with Crippen molar-refractivity contribution >= 4 is 17.5 Å². The third-order valence-electron chi connectivity index (χ3n) is 5.49. The van der Waals surface area contributed by atoms with Gasteiger partial charge in [-0.3, -0.25) is 9.59 Å². The van der Waals surface area contributed by atoms with Crippen molar-refractivity contribution in [1.29, 1.82) is 0 Å². The highest BCUT2D eigenvalue weighted by Gasteiger charge is 2.39. The average molecular weight is 358 g/mol. The van der Waals surface area contributed by atoms with E-state index in [1.807, 2.05) is 23.1 Å². The van der Waals surface area contributed by atoms with Crippen LogP contribution in [0.3, 0.4) is 0 Å². The van der Waals surface area contributed by atoms with Gasteiger partial charge in [0.1, 0.15) is 13.2 Å². The molecule has 0 spiro atoms. The molecule has 3 heterocycles. The van der Waals surface area contributed by atoms with Gasteiger partial charge in [-0.15, -0.1) is 0 Å². The van der Waals surface area contributed by atoms with Crippen LogP contribution in [-0.4, -0.2) is 49.6 Å². The molecule has 0 aromatic heterocycles. The number of hydrogen-bond acceptors (Lipinski definition) is 4. The summed E-state index contributed by atoms with van der Waals surface area (Å²) in [6.07, 6.45) is 1.45. The first-order valence-corrected chi connectivity index (χ1v) is 9.50. The van der Waals surface area contributed by atoms with Crippen LogP contribution in [-0.2, 0) is 9.59 Å². The van der Waals surface area contributed by atoms with E-state index in [-0.39, 0.29) is 24.2 Å². The second-order valence-electron chi connectivity index (χ2n) is 7.92. The van der Waals surface area contributed by atoms with E-state index in [0.29, 0.717) is 43.1 Å². The van der Waals surface area contributed by atoms with Crippen LogP contribution >= 0.6 is 0 Å². The van der Waals surface area contributed by atoms with Gasteiger partial charge in [-0.05, 0) is 30.4 Å². The van der Waals surface area contributed by atoms with E-state index in [2.05, 4.69) is 13.8 Å². The normalized spacial score (nSPS) is 28.4. The molecule has 0 bridgehead atoms. The standard InChI is InChI=1S/C20H26N2O4/c1-13-7-14(2)11-21(10-13)20(24)15-8-19(23)22(12-15)16-3-4-17-18(9-16)26-6-5-25-17/h3-4,9,13-15H,5-8,10-12H2,1-2H3/t13-,14-,15+/m1/s1. The van der Waals surface area contributed by atoms with E-state index in [1.165, 1.54) is 0 Å². The molecule has 2 amide bonds. The first kappa shape index (κ1) is 17.2. The molecule has 140 valence electrons. The van der Waals surface area contributed by atoms with Gasteiger partial charge in [-0.1, -0.05) is 13.8 Å². The summed E-state index contributed by atoms with van der Waals surface area (Å²) in [5.74, 6) is 2.27. The van der Waals surface area contributed by atoms with Crippen LogP contribution in [0.5, 0.6) is 11.5 Å². The molecule has 0 aliphatic carbocycles. The number of carbonyl (C=O) groups excluding carboxylic acids is 2. The SMILES string of the molecule is C[C@@H]1C[C@@H](C)CN(C(=O)[C@H]2CC(=O)N(c3ccc4c(c3)OCCO4)C2)C1. The fourth-order valence-electron chi connectivity index (χ4n) is 4.42. The van der Waals surface area contributed by atoms with Crippen LogP contribution in [0.2, 0.25) is 0 Å². The lowest BCUT2D eigenvalue weighted by molar-refractivity contribution is -0.138. The fraction of sp³-hybridized carbons (Fsp3) is 0.600. The van der Waals surface area contributed by atoms with Crippen molar-refractivity contribution in [2.45, 2.75) is 26.7 Å². The third kappa shape index (κ3) is 3.24. The number of piperidine rings is 1. The smallest absolute Gasteiger partial charge is 0.228 e. The Labute approximate surface area is 154 Å². The quantitative estimate of drug-likeness (QED) is 0.814. The Morgan fingerprint density at radius 1 is 1.04 bits per heavy atom. The largest absolute Gasteiger partial charge is 0.486 e. The van der Waals surface area contributed by atoms with Gasteiger partial charge >= 0.3 is 0 Å². The Morgan fingerprint density at radius 2 is 1.73 bits per heavy atom. The van der Waals surface area contributed by atoms with Crippen LogP contribution in [0.1, 0.15) is 26.7 Å². The predicted octanol–water partition coefficient (Wildman–Crippen LogP) is 2.32. The zero-order valence-corrected chi connectivity index (χ0v) is 15.4. The van der Waals surface area contributed by atoms with Crippen molar-refractivity contribution in [1.82, 2.24) is 4.90 Å². The Kier molecular flexibility index (Phi) is 4.51. The number of hydrogen-bond donors (Lipinski definition) is 0. The monoisotopic (exact) mass is 358 g/mol. The molecular weight excluding hydrogens is 332 g/mol. The number of amides is 2. The highest BCUT2D eigenvalue weighted by molar-refractivity contribution is 6.00. The Bertz CT molecular complexity index is 710. The molecule has 4 rings (SSSR count). The van der Waals surface area contributed by atoms with Crippen molar-refractivity contribution < 1.29 is 19.1 Å². The van der Waals surface area contributed by atoms with Crippen molar-refractivity contribution in [2.24, 2.45) is 17.8 Å². The molecule has 2 saturated heterocycles. The van der Waals surface area contributed by atoms with Crippen LogP contribution in [0.15, 0.2) is 18.2 Å². The molecule has 6 heteroatoms. The minimum atomic E-state index is -0.256. The highest BCUT2D eigenvalue weighted by Crippen LogP contribution is 2.36. The maximum absolute atomic E-state index is 12.9. The van der Waals surface area contributed by atoms with Crippen LogP contribution in [0, 0.1) is 17.8 Å². The second-order valence-corrected chi connectivity index (χ2v) is 7.92. The maximum Gasteiger partial charge on any atom is 0.228 e. The van der Waals surface area contributed by atoms with Crippen molar-refractivity contribution in [2.75, 3.05) is 37.7 Å². The fourth-order valence-corrected chi connectivity index (χ4v) is 4.42. The number of likely N-dealkylation sites (tertiary alicyclic amines) is 1. The number of ether oxygens (including phenoxy) is 2. The van der Waals surface area contributed by atoms with E-state index in [1.54, 1.807) is 4.90 Å². The molecule has 0 saturated carbocycles. The first-order chi connectivity index (χ1) is 12.5. The maximum atomic E-state index is 12.9. The summed E-state index contributed by atoms with van der Waals surface area (Å²) in [5.41, 5.74) is 0.773. The summed E-state index contributed by atoms with van der Waals surface area (Å²) in [7, 11) is 0. The number of nitrogens with zero attached hydrogens (tertiary/aromatic N) is 2. The van der Waals surface area contributed by atoms with E-state index < -0.39 is 0 Å². The zero-order chi connectivity index (χ0) is 18.3. The summed E-state index contributed by atoms with van der Waals surface area (Å²) in [5, 5.41) is 0. The van der Waals surface area contributed by atoms with Gasteiger partial charge in [-0.25, -0.2) is 0 Å². The zero-order valence-electron chi connectivity index (χ0n) is 15.4. The summed E-state index contributed by atoms with van der Waals surface area (Å²) in [6.45, 7) is 7.48. The Hall–Kier alpha value is -2.24. The predicted molar refractivity (Wildman–Crippen MR) is 97.4 cm³/mol. The van der Waals surface area contributed by atoms with E-state index >= 15 is 0 Å². The summed E-state index contributed by atoms with van der Waals surface area (Å²) in [6, 6.07) is 5.54. The third-order valence-corrected chi connectivity index (χ3v) is 5.49. The average Bonchev–Trinajstić information content (AvgIpc) is 3.01. The Morgan fingerprint density at radius 3 is 2.46 bits per heavy atom. The number of fused-ring (bicyclic) bond motifs is 1. The van der Waals surface area contributed by atoms with Gasteiger partial charge in [0, 0.05) is 37.8 Å². The molecule has 1 aromatic carbocycles. The molecular formula is C20H26N2O4. The van der Waals surface area contributed by atoms with Gasteiger partial charge < -0.3 is 19.3 Å². The second kappa shape index (κ2) is 6.82. The lowest BCUT2D eigenvalue weighted by Crippen LogP contribution is -2.45. The lowest BCUT2D eigenvalue weighted by Gasteiger charge is -2.36. The van der Waals surface area contributed by atoms with Crippen LogP contribution in [0.25, 0.3) is 0 Å². The highest BCUT2D eigenvalue weighted by atomic mass is 16.6. The van der Waals surface area contributed by atoms with Gasteiger partial charge in [0.05, 0.1) is 5.92 Å². The van der Waals surface area contributed by atoms with Gasteiger partial charge in [0.15, 0.2) is 11.5 Å². The number of anilines is 1. The lowest BCUT2D eigenvalue weighted by atomic mass is 9.91. The topological polar surface area (TPSA) is 59.1 Å². The molecule has 1 aromatic rings. The van der Waals surface area contributed by atoms with Gasteiger partial charge in [-0.2, -0.15) is 0 Å². The molecule has 3 aliphatic heterocycles. The van der Waals surface area contributed by atoms with Gasteiger partial charge in [0.2, 0.25) is 11.8 Å². The van der Waals surface area contributed by atoms with Gasteiger partial charge in [0.25, 0.3) is 0 Å². The van der Waals surface area contributed by atoms with E-state index in [0.717, 1.165) is 25.2 Å². The van der Waals surface area contributed by atoms with Crippen molar-refractivity contribution in [3.63, 3.8) is 0 Å². The molecule has 3 atom stereocenters. The summed E-state index contributed by atoms with van der Waals surface area (Å²) >= 11 is 0. The molecule has 0 radical (unpaired) electrons. The molecule has 6 nitrogen and oxygen atoms in total. The number of rotatable bonds is 2. The van der Waals surface area contributed by atoms with Crippen molar-refractivity contribution in [3.8, 4) is 11.5 Å². The van der Waals surface area contributed by atoms with E-state index in [4.69, 9.17) is 9.47 Å². The summed E-state index contributed by atoms with van der Waals surface area (Å²) in [4.78, 5) is 29.2.